The predicted octanol–water partition coefficient (Wildman–Crippen LogP) is 1.99. The molecule has 0 saturated carbocycles. The van der Waals surface area contributed by atoms with Gasteiger partial charge in [-0.05, 0) is 45.4 Å². The van der Waals surface area contributed by atoms with Gasteiger partial charge >= 0.3 is 11.9 Å². The van der Waals surface area contributed by atoms with Gasteiger partial charge in [0.15, 0.2) is 12.1 Å². The van der Waals surface area contributed by atoms with Crippen LogP contribution in [-0.4, -0.2) is 154 Å². The van der Waals surface area contributed by atoms with E-state index in [1.165, 1.54) is 0 Å². The predicted molar refractivity (Wildman–Crippen MR) is 240 cm³/mol. The van der Waals surface area contributed by atoms with Crippen LogP contribution in [-0.2, 0) is 28.5 Å². The maximum atomic E-state index is 12.7. The van der Waals surface area contributed by atoms with Crippen LogP contribution in [0.3, 0.4) is 0 Å². The Kier molecular flexibility index (Phi) is 23.6. The minimum Gasteiger partial charge on any atom is -0.481 e. The number of nitrogens with two attached hydrogens (primary N) is 1. The average molecular weight is 922 g/mol. The van der Waals surface area contributed by atoms with Gasteiger partial charge in [-0.25, -0.2) is 0 Å². The van der Waals surface area contributed by atoms with E-state index in [1.807, 2.05) is 43.4 Å². The number of cyclic esters (lactones) is 1. The number of aliphatic hydroxyl groups is 9. The van der Waals surface area contributed by atoms with Gasteiger partial charge in [-0.2, -0.15) is 0 Å². The third kappa shape index (κ3) is 18.7. The van der Waals surface area contributed by atoms with Crippen molar-refractivity contribution in [3.05, 3.63) is 85.1 Å². The zero-order valence-corrected chi connectivity index (χ0v) is 38.1. The highest BCUT2D eigenvalue weighted by Crippen LogP contribution is 2.38. The molecule has 3 aliphatic rings. The van der Waals surface area contributed by atoms with E-state index in [1.54, 1.807) is 76.3 Å². The summed E-state index contributed by atoms with van der Waals surface area (Å²) >= 11 is 0. The molecule has 2 saturated heterocycles. The lowest BCUT2D eigenvalue weighted by atomic mass is 9.82. The van der Waals surface area contributed by atoms with Crippen molar-refractivity contribution in [3.63, 3.8) is 0 Å². The first-order valence-electron chi connectivity index (χ1n) is 22.6. The fraction of sp³-hybridized carbons (Fsp3) is 0.667. The molecule has 3 rings (SSSR count). The van der Waals surface area contributed by atoms with Crippen LogP contribution in [0, 0.1) is 23.7 Å². The summed E-state index contributed by atoms with van der Waals surface area (Å²) in [5.74, 6) is -7.05. The van der Waals surface area contributed by atoms with E-state index < -0.39 is 134 Å². The first-order chi connectivity index (χ1) is 30.6. The minimum absolute atomic E-state index is 0.140. The van der Waals surface area contributed by atoms with Gasteiger partial charge < -0.3 is 75.7 Å². The molecular weight excluding hydrogens is 847 g/mol. The third-order valence-corrected chi connectivity index (χ3v) is 12.4. The fourth-order valence-corrected chi connectivity index (χ4v) is 8.14. The van der Waals surface area contributed by atoms with Crippen LogP contribution >= 0.6 is 0 Å². The molecule has 0 radical (unpaired) electrons. The second-order valence-corrected chi connectivity index (χ2v) is 18.0. The van der Waals surface area contributed by atoms with E-state index in [0.717, 1.165) is 0 Å². The Hall–Kier alpha value is -3.40. The van der Waals surface area contributed by atoms with E-state index in [4.69, 9.17) is 24.7 Å². The molecule has 0 spiro atoms. The third-order valence-electron chi connectivity index (χ3n) is 12.4. The number of hydrogen-bond donors (Lipinski definition) is 11. The number of hydrogen-bond acceptors (Lipinski definition) is 16. The highest BCUT2D eigenvalue weighted by atomic mass is 16.7. The molecule has 0 amide bonds. The quantitative estimate of drug-likeness (QED) is 0.180. The summed E-state index contributed by atoms with van der Waals surface area (Å²) in [6.07, 6.45) is 7.60. The molecule has 3 heterocycles. The summed E-state index contributed by atoms with van der Waals surface area (Å²) in [5.41, 5.74) is 6.03. The van der Waals surface area contributed by atoms with Gasteiger partial charge in [0.05, 0.1) is 73.5 Å². The Morgan fingerprint density at radius 3 is 1.83 bits per heavy atom. The zero-order valence-electron chi connectivity index (χ0n) is 38.1. The zero-order chi connectivity index (χ0) is 48.4. The van der Waals surface area contributed by atoms with Crippen molar-refractivity contribution < 1.29 is 79.6 Å². The van der Waals surface area contributed by atoms with Gasteiger partial charge in [0, 0.05) is 31.1 Å². The van der Waals surface area contributed by atoms with E-state index in [-0.39, 0.29) is 44.4 Å². The second kappa shape index (κ2) is 27.4. The SMILES string of the molecule is C[C@@H]1[C@H](O)[C@@H](C)\C=C/C=C\C=C/C=C\C=C/C=C\C=C/[C@H](O[C@H]2O[C@H](C)[C@@H](O)[C@H](N)[C@@H]2O)C[C@@H]2O[C@](O)(C[C@@H](O)C[C@@H](O)[C@H](C)CC[C@@H](O)C[C@@H](O)CC(=O)O[C@H]1C)C[C@H](O)[C@H]2C(=O)O. The van der Waals surface area contributed by atoms with Crippen LogP contribution in [0.5, 0.6) is 0 Å². The molecule has 0 aromatic rings. The van der Waals surface area contributed by atoms with Crippen molar-refractivity contribution in [2.45, 2.75) is 177 Å². The van der Waals surface area contributed by atoms with Crippen LogP contribution in [0.25, 0.3) is 0 Å². The molecule has 19 atom stereocenters. The Labute approximate surface area is 382 Å². The molecule has 65 heavy (non-hydrogen) atoms. The number of ether oxygens (including phenoxy) is 4. The summed E-state index contributed by atoms with van der Waals surface area (Å²) in [5, 5.41) is 108. The normalized spacial score (nSPS) is 45.5. The molecule has 12 N–H and O–H groups in total. The van der Waals surface area contributed by atoms with Gasteiger partial charge in [-0.3, -0.25) is 9.59 Å². The summed E-state index contributed by atoms with van der Waals surface area (Å²) in [7, 11) is 0. The lowest BCUT2D eigenvalue weighted by Crippen LogP contribution is -2.61. The van der Waals surface area contributed by atoms with Crippen molar-refractivity contribution in [2.75, 3.05) is 0 Å². The van der Waals surface area contributed by atoms with Crippen molar-refractivity contribution in [1.29, 1.82) is 0 Å². The monoisotopic (exact) mass is 922 g/mol. The summed E-state index contributed by atoms with van der Waals surface area (Å²) in [6, 6.07) is -1.13. The highest BCUT2D eigenvalue weighted by molar-refractivity contribution is 5.71. The standard InChI is InChI=1S/C48H75NO16/c1-28-20-21-33(50)22-34(51)24-40(55)62-31(4)30(3)43(56)29(2)18-16-14-12-10-8-6-7-9-11-13-15-17-19-36(64-47-45(58)42(49)44(57)32(5)63-47)25-39-41(46(59)60)38(54)27-48(61,65-39)26-35(52)23-37(28)53/h6-19,28-39,41-45,47,50-54,56-58,61H,20-27,49H2,1-5H3,(H,59,60)/b7-6-,10-8-,11-9-,14-12-,15-13-,18-16-,19-17-/t28-,29+,30+,31+,32-,33-,34-,35+,36+,37-,38+,39+,41-,42+,43-,44-,45+,47-,48-/m1/s1. The summed E-state index contributed by atoms with van der Waals surface area (Å²) in [4.78, 5) is 25.1. The minimum atomic E-state index is -2.24. The summed E-state index contributed by atoms with van der Waals surface area (Å²) < 4.78 is 23.3. The molecule has 0 unspecified atom stereocenters. The van der Waals surface area contributed by atoms with Crippen molar-refractivity contribution in [1.82, 2.24) is 0 Å². The number of aliphatic carboxylic acids is 1. The first kappa shape index (κ1) is 55.9. The molecule has 3 aliphatic heterocycles. The Bertz CT molecular complexity index is 1660. The lowest BCUT2D eigenvalue weighted by Gasteiger charge is -2.45. The molecule has 17 heteroatoms. The lowest BCUT2D eigenvalue weighted by molar-refractivity contribution is -0.308. The van der Waals surface area contributed by atoms with E-state index in [2.05, 4.69) is 0 Å². The highest BCUT2D eigenvalue weighted by Gasteiger charge is 2.51. The number of fused-ring (bicyclic) bond motifs is 2. The molecule has 0 aromatic heterocycles. The molecule has 2 fully saturated rings. The van der Waals surface area contributed by atoms with Gasteiger partial charge in [0.1, 0.15) is 18.1 Å². The first-order valence-corrected chi connectivity index (χ1v) is 22.6. The number of carbonyl (C=O) groups excluding carboxylic acids is 1. The van der Waals surface area contributed by atoms with E-state index in [0.29, 0.717) is 0 Å². The van der Waals surface area contributed by atoms with E-state index in [9.17, 15) is 60.7 Å². The van der Waals surface area contributed by atoms with Crippen LogP contribution in [0.1, 0.15) is 86.0 Å². The van der Waals surface area contributed by atoms with Gasteiger partial charge in [0.25, 0.3) is 0 Å². The van der Waals surface area contributed by atoms with Gasteiger partial charge in [-0.1, -0.05) is 106 Å². The van der Waals surface area contributed by atoms with Gasteiger partial charge in [0.2, 0.25) is 0 Å². The maximum Gasteiger partial charge on any atom is 0.311 e. The molecule has 368 valence electrons. The molecular formula is C48H75NO16. The smallest absolute Gasteiger partial charge is 0.311 e. The van der Waals surface area contributed by atoms with Crippen molar-refractivity contribution >= 4 is 11.9 Å². The van der Waals surface area contributed by atoms with Crippen molar-refractivity contribution in [2.24, 2.45) is 29.4 Å². The number of carboxylic acids is 1. The topological polar surface area (TPSA) is 299 Å². The summed E-state index contributed by atoms with van der Waals surface area (Å²) in [6.45, 7) is 8.52. The fourth-order valence-electron chi connectivity index (χ4n) is 8.14. The Morgan fingerprint density at radius 2 is 1.25 bits per heavy atom. The molecule has 17 nitrogen and oxygen atoms in total. The van der Waals surface area contributed by atoms with Crippen molar-refractivity contribution in [3.8, 4) is 0 Å². The van der Waals surface area contributed by atoms with Gasteiger partial charge in [-0.15, -0.1) is 0 Å². The second-order valence-electron chi connectivity index (χ2n) is 18.0. The van der Waals surface area contributed by atoms with E-state index >= 15 is 0 Å². The largest absolute Gasteiger partial charge is 0.481 e. The number of rotatable bonds is 3. The number of carbonyl (C=O) groups is 2. The average Bonchev–Trinajstić information content (AvgIpc) is 3.21. The Balaban J connectivity index is 1.86. The van der Waals surface area contributed by atoms with Crippen LogP contribution in [0.15, 0.2) is 85.1 Å². The maximum absolute atomic E-state index is 12.7. The molecule has 0 aromatic carbocycles. The number of esters is 1. The van der Waals surface area contributed by atoms with Crippen LogP contribution in [0.2, 0.25) is 0 Å². The number of allylic oxidation sites excluding steroid dienone is 12. The number of carboxylic acid groups (broad SMARTS) is 1. The molecule has 0 aliphatic carbocycles. The van der Waals surface area contributed by atoms with Crippen LogP contribution in [0.4, 0.5) is 0 Å². The Morgan fingerprint density at radius 1 is 0.677 bits per heavy atom. The number of aliphatic hydroxyl groups excluding tert-OH is 8. The molecule has 2 bridgehead atoms. The van der Waals surface area contributed by atoms with Crippen LogP contribution < -0.4 is 5.73 Å².